The van der Waals surface area contributed by atoms with E-state index in [0.717, 1.165) is 37.7 Å². The van der Waals surface area contributed by atoms with Crippen LogP contribution in [0.2, 0.25) is 0 Å². The van der Waals surface area contributed by atoms with Gasteiger partial charge < -0.3 is 10.2 Å². The maximum Gasteiger partial charge on any atom is 0.156 e. The maximum atomic E-state index is 12.1. The second kappa shape index (κ2) is 5.41. The molecule has 3 saturated carbocycles. The number of hydrogen-bond acceptors (Lipinski definition) is 3. The molecule has 3 nitrogen and oxygen atoms in total. The Morgan fingerprint density at radius 3 is 2.58 bits per heavy atom. The number of aliphatic hydroxyl groups is 2. The van der Waals surface area contributed by atoms with Crippen LogP contribution in [0.15, 0.2) is 11.6 Å². The topological polar surface area (TPSA) is 57.5 Å². The Labute approximate surface area is 145 Å². The molecule has 0 spiro atoms. The molecule has 0 amide bonds. The van der Waals surface area contributed by atoms with Crippen LogP contribution in [0.25, 0.3) is 0 Å². The average molecular weight is 332 g/mol. The molecule has 0 heterocycles. The fourth-order valence-corrected chi connectivity index (χ4v) is 7.31. The number of rotatable bonds is 1. The lowest BCUT2D eigenvalue weighted by molar-refractivity contribution is -0.157. The van der Waals surface area contributed by atoms with Crippen molar-refractivity contribution in [3.05, 3.63) is 11.6 Å². The Morgan fingerprint density at radius 1 is 1.12 bits per heavy atom. The van der Waals surface area contributed by atoms with Crippen molar-refractivity contribution in [3.8, 4) is 0 Å². The summed E-state index contributed by atoms with van der Waals surface area (Å²) in [6.45, 7) is 6.21. The van der Waals surface area contributed by atoms with Gasteiger partial charge in [0.25, 0.3) is 0 Å². The molecule has 4 aliphatic rings. The third-order valence-electron chi connectivity index (χ3n) is 8.71. The van der Waals surface area contributed by atoms with Gasteiger partial charge in [-0.2, -0.15) is 0 Å². The van der Waals surface area contributed by atoms with Gasteiger partial charge in [-0.15, -0.1) is 0 Å². The van der Waals surface area contributed by atoms with Crippen molar-refractivity contribution in [2.75, 3.05) is 0 Å². The molecule has 0 aromatic carbocycles. The molecule has 3 fully saturated rings. The zero-order valence-corrected chi connectivity index (χ0v) is 15.3. The normalized spacial score (nSPS) is 53.6. The summed E-state index contributed by atoms with van der Waals surface area (Å²) in [5.41, 5.74) is 0.790. The number of allylic oxidation sites excluding steroid dienone is 1. The Hall–Kier alpha value is -0.670. The summed E-state index contributed by atoms with van der Waals surface area (Å²) in [6.07, 6.45) is 8.69. The highest BCUT2D eigenvalue weighted by atomic mass is 16.3. The van der Waals surface area contributed by atoms with Crippen LogP contribution in [0, 0.1) is 34.5 Å². The van der Waals surface area contributed by atoms with E-state index in [0.29, 0.717) is 23.7 Å². The average Bonchev–Trinajstić information content (AvgIpc) is 2.88. The smallest absolute Gasteiger partial charge is 0.156 e. The monoisotopic (exact) mass is 332 g/mol. The Balaban J connectivity index is 1.67. The van der Waals surface area contributed by atoms with Gasteiger partial charge in [-0.3, -0.25) is 4.79 Å². The second-order valence-electron chi connectivity index (χ2n) is 9.53. The molecule has 4 rings (SSSR count). The van der Waals surface area contributed by atoms with Gasteiger partial charge in [0.1, 0.15) is 0 Å². The molecular formula is C21H32O3. The fraction of sp³-hybridized carbons (Fsp3) is 0.857. The molecule has 3 heteroatoms. The van der Waals surface area contributed by atoms with Crippen LogP contribution >= 0.6 is 0 Å². The van der Waals surface area contributed by atoms with Crippen molar-refractivity contribution < 1.29 is 15.0 Å². The van der Waals surface area contributed by atoms with Crippen LogP contribution < -0.4 is 0 Å². The molecule has 8 atom stereocenters. The van der Waals surface area contributed by atoms with Gasteiger partial charge in [0.15, 0.2) is 5.78 Å². The number of fused-ring (bicyclic) bond motifs is 5. The van der Waals surface area contributed by atoms with Crippen molar-refractivity contribution in [2.24, 2.45) is 34.5 Å². The zero-order valence-electron chi connectivity index (χ0n) is 15.3. The zero-order chi connectivity index (χ0) is 17.3. The summed E-state index contributed by atoms with van der Waals surface area (Å²) >= 11 is 0. The lowest BCUT2D eigenvalue weighted by Gasteiger charge is -2.61. The van der Waals surface area contributed by atoms with Gasteiger partial charge in [-0.05, 0) is 86.5 Å². The first kappa shape index (κ1) is 16.8. The van der Waals surface area contributed by atoms with Crippen LogP contribution in [-0.4, -0.2) is 28.2 Å². The first-order valence-corrected chi connectivity index (χ1v) is 9.86. The van der Waals surface area contributed by atoms with Crippen LogP contribution in [0.1, 0.15) is 65.7 Å². The first-order chi connectivity index (χ1) is 11.3. The van der Waals surface area contributed by atoms with E-state index >= 15 is 0 Å². The minimum absolute atomic E-state index is 0.129. The highest BCUT2D eigenvalue weighted by molar-refractivity contribution is 5.95. The highest BCUT2D eigenvalue weighted by Crippen LogP contribution is 2.66. The summed E-state index contributed by atoms with van der Waals surface area (Å²) in [4.78, 5) is 12.1. The fourth-order valence-electron chi connectivity index (χ4n) is 7.31. The maximum absolute atomic E-state index is 12.1. The molecule has 0 aromatic rings. The summed E-state index contributed by atoms with van der Waals surface area (Å²) in [5, 5.41) is 21.2. The molecule has 0 radical (unpaired) electrons. The molecule has 0 bridgehead atoms. The lowest BCUT2D eigenvalue weighted by atomic mass is 9.44. The summed E-state index contributed by atoms with van der Waals surface area (Å²) in [5.74, 6) is 2.30. The van der Waals surface area contributed by atoms with E-state index in [9.17, 15) is 15.0 Å². The van der Waals surface area contributed by atoms with E-state index in [1.54, 1.807) is 6.92 Å². The van der Waals surface area contributed by atoms with Gasteiger partial charge in [0, 0.05) is 5.41 Å². The number of aliphatic hydroxyl groups excluding tert-OH is 2. The molecule has 0 aliphatic heterocycles. The standard InChI is InChI=1S/C21H32O3/c1-12(22)16-6-7-17-15-5-4-13-10-14(23)8-9-20(13,2)18(15)11-19(24)21(16,17)3/h6,13-15,17-19,23-24H,4-5,7-11H2,1-3H3/t13-,14-,15-,17-,18-,19+,20-,21+/m0/s1. The van der Waals surface area contributed by atoms with E-state index in [4.69, 9.17) is 0 Å². The molecule has 2 N–H and O–H groups in total. The Bertz CT molecular complexity index is 582. The van der Waals surface area contributed by atoms with Gasteiger partial charge in [0.2, 0.25) is 0 Å². The Kier molecular flexibility index (Phi) is 3.78. The van der Waals surface area contributed by atoms with Crippen molar-refractivity contribution in [3.63, 3.8) is 0 Å². The number of carbonyl (C=O) groups is 1. The van der Waals surface area contributed by atoms with Crippen molar-refractivity contribution in [2.45, 2.75) is 77.9 Å². The molecule has 0 aromatic heterocycles. The minimum atomic E-state index is -0.413. The third-order valence-corrected chi connectivity index (χ3v) is 8.71. The molecule has 24 heavy (non-hydrogen) atoms. The van der Waals surface area contributed by atoms with Gasteiger partial charge >= 0.3 is 0 Å². The highest BCUT2D eigenvalue weighted by Gasteiger charge is 2.62. The van der Waals surface area contributed by atoms with E-state index in [1.165, 1.54) is 12.8 Å². The number of hydrogen-bond donors (Lipinski definition) is 2. The molecule has 0 unspecified atom stereocenters. The van der Waals surface area contributed by atoms with Crippen molar-refractivity contribution >= 4 is 5.78 Å². The molecule has 0 saturated heterocycles. The van der Waals surface area contributed by atoms with Gasteiger partial charge in [0.05, 0.1) is 12.2 Å². The van der Waals surface area contributed by atoms with Gasteiger partial charge in [-0.1, -0.05) is 19.9 Å². The van der Waals surface area contributed by atoms with Crippen LogP contribution in [0.3, 0.4) is 0 Å². The second-order valence-corrected chi connectivity index (χ2v) is 9.53. The van der Waals surface area contributed by atoms with Crippen molar-refractivity contribution in [1.29, 1.82) is 0 Å². The van der Waals surface area contributed by atoms with Crippen LogP contribution in [0.4, 0.5) is 0 Å². The summed E-state index contributed by atoms with van der Waals surface area (Å²) in [7, 11) is 0. The van der Waals surface area contributed by atoms with Crippen LogP contribution in [-0.2, 0) is 4.79 Å². The first-order valence-electron chi connectivity index (χ1n) is 9.86. The molecule has 134 valence electrons. The van der Waals surface area contributed by atoms with Gasteiger partial charge in [-0.25, -0.2) is 0 Å². The lowest BCUT2D eigenvalue weighted by Crippen LogP contribution is -2.58. The predicted octanol–water partition coefficient (Wildman–Crippen LogP) is 3.49. The third kappa shape index (κ3) is 2.07. The number of carbonyl (C=O) groups excluding carboxylic acids is 1. The number of ketones is 1. The van der Waals surface area contributed by atoms with E-state index in [-0.39, 0.29) is 22.7 Å². The summed E-state index contributed by atoms with van der Waals surface area (Å²) in [6, 6.07) is 0. The van der Waals surface area contributed by atoms with E-state index < -0.39 is 6.10 Å². The molecular weight excluding hydrogens is 300 g/mol. The minimum Gasteiger partial charge on any atom is -0.393 e. The summed E-state index contributed by atoms with van der Waals surface area (Å²) < 4.78 is 0. The van der Waals surface area contributed by atoms with E-state index in [1.807, 2.05) is 0 Å². The van der Waals surface area contributed by atoms with Crippen LogP contribution in [0.5, 0.6) is 0 Å². The van der Waals surface area contributed by atoms with E-state index in [2.05, 4.69) is 19.9 Å². The number of Topliss-reactive ketones (excluding diaryl/α,β-unsaturated/α-hetero) is 1. The molecule has 4 aliphatic carbocycles. The SMILES string of the molecule is CC(=O)C1=CC[C@H]2[C@@H]3CC[C@H]4C[C@@H](O)CC[C@]4(C)[C@H]3C[C@@H](O)[C@]12C. The van der Waals surface area contributed by atoms with Crippen molar-refractivity contribution in [1.82, 2.24) is 0 Å². The predicted molar refractivity (Wildman–Crippen MR) is 93.3 cm³/mol. The quantitative estimate of drug-likeness (QED) is 0.773. The Morgan fingerprint density at radius 2 is 1.88 bits per heavy atom. The largest absolute Gasteiger partial charge is 0.393 e.